The van der Waals surface area contributed by atoms with E-state index in [0.29, 0.717) is 31.9 Å². The highest BCUT2D eigenvalue weighted by atomic mass is 19.4. The molecule has 6 nitrogen and oxygen atoms in total. The maximum atomic E-state index is 12.4. The van der Waals surface area contributed by atoms with Crippen molar-refractivity contribution in [2.24, 2.45) is 10.9 Å². The van der Waals surface area contributed by atoms with Crippen LogP contribution in [-0.2, 0) is 10.9 Å². The van der Waals surface area contributed by atoms with Crippen LogP contribution in [-0.4, -0.2) is 45.9 Å². The highest BCUT2D eigenvalue weighted by molar-refractivity contribution is 5.71. The molecule has 1 atom stereocenters. The highest BCUT2D eigenvalue weighted by Crippen LogP contribution is 2.28. The van der Waals surface area contributed by atoms with E-state index < -0.39 is 17.3 Å². The van der Waals surface area contributed by atoms with E-state index >= 15 is 0 Å². The highest BCUT2D eigenvalue weighted by Gasteiger charge is 2.31. The van der Waals surface area contributed by atoms with Crippen LogP contribution in [0.2, 0.25) is 0 Å². The SMILES string of the molecule is CC(C)(C)OC(=O)N1CCC(/C=N/c2ncc(C(F)(F)F)cn2)C1. The molecule has 1 saturated heterocycles. The summed E-state index contributed by atoms with van der Waals surface area (Å²) in [6, 6.07) is 0. The van der Waals surface area contributed by atoms with E-state index in [2.05, 4.69) is 15.0 Å². The van der Waals surface area contributed by atoms with E-state index in [1.54, 1.807) is 31.9 Å². The van der Waals surface area contributed by atoms with Crippen molar-refractivity contribution in [3.05, 3.63) is 18.0 Å². The predicted octanol–water partition coefficient (Wildman–Crippen LogP) is 3.45. The second-order valence-electron chi connectivity index (χ2n) is 6.52. The number of carbonyl (C=O) groups is 1. The minimum Gasteiger partial charge on any atom is -0.444 e. The zero-order valence-electron chi connectivity index (χ0n) is 13.7. The number of aromatic nitrogens is 2. The van der Waals surface area contributed by atoms with Crippen molar-refractivity contribution < 1.29 is 22.7 Å². The normalized spacial score (nSPS) is 19.1. The van der Waals surface area contributed by atoms with Crippen molar-refractivity contribution in [1.82, 2.24) is 14.9 Å². The van der Waals surface area contributed by atoms with E-state index in [0.717, 1.165) is 0 Å². The van der Waals surface area contributed by atoms with E-state index in [9.17, 15) is 18.0 Å². The van der Waals surface area contributed by atoms with Crippen molar-refractivity contribution in [1.29, 1.82) is 0 Å². The molecule has 1 aliphatic heterocycles. The van der Waals surface area contributed by atoms with Gasteiger partial charge in [0.25, 0.3) is 0 Å². The van der Waals surface area contributed by atoms with Gasteiger partial charge in [0.15, 0.2) is 0 Å². The zero-order valence-corrected chi connectivity index (χ0v) is 13.7. The number of likely N-dealkylation sites (tertiary alicyclic amines) is 1. The van der Waals surface area contributed by atoms with Crippen LogP contribution in [0.15, 0.2) is 17.4 Å². The summed E-state index contributed by atoms with van der Waals surface area (Å²) in [7, 11) is 0. The summed E-state index contributed by atoms with van der Waals surface area (Å²) in [5.41, 5.74) is -1.48. The van der Waals surface area contributed by atoms with Crippen LogP contribution in [0.1, 0.15) is 32.8 Å². The summed E-state index contributed by atoms with van der Waals surface area (Å²) in [6.07, 6.45) is -1.20. The first kappa shape index (κ1) is 18.2. The number of hydrogen-bond donors (Lipinski definition) is 0. The van der Waals surface area contributed by atoms with Crippen LogP contribution in [0.3, 0.4) is 0 Å². The number of carbonyl (C=O) groups excluding carboxylic acids is 1. The van der Waals surface area contributed by atoms with Crippen LogP contribution in [0.25, 0.3) is 0 Å². The molecule has 0 aromatic carbocycles. The van der Waals surface area contributed by atoms with Gasteiger partial charge in [-0.15, -0.1) is 0 Å². The molecule has 0 aliphatic carbocycles. The second-order valence-corrected chi connectivity index (χ2v) is 6.52. The average Bonchev–Trinajstić information content (AvgIpc) is 2.92. The number of amides is 1. The molecule has 1 aromatic rings. The Hall–Kier alpha value is -2.19. The van der Waals surface area contributed by atoms with Crippen LogP contribution in [0.4, 0.5) is 23.9 Å². The third-order valence-electron chi connectivity index (χ3n) is 3.24. The molecule has 1 aliphatic rings. The number of ether oxygens (including phenoxy) is 1. The predicted molar refractivity (Wildman–Crippen MR) is 81.1 cm³/mol. The Morgan fingerprint density at radius 3 is 2.50 bits per heavy atom. The maximum Gasteiger partial charge on any atom is 0.419 e. The molecule has 0 N–H and O–H groups in total. The van der Waals surface area contributed by atoms with Gasteiger partial charge in [0.2, 0.25) is 5.95 Å². The Kier molecular flexibility index (Phi) is 5.10. The molecule has 0 bridgehead atoms. The topological polar surface area (TPSA) is 67.7 Å². The Bertz CT molecular complexity index is 609. The lowest BCUT2D eigenvalue weighted by Gasteiger charge is -2.24. The minimum atomic E-state index is -4.47. The first-order valence-corrected chi connectivity index (χ1v) is 7.46. The van der Waals surface area contributed by atoms with Crippen molar-refractivity contribution in [3.63, 3.8) is 0 Å². The van der Waals surface area contributed by atoms with E-state index in [1.165, 1.54) is 0 Å². The molecule has 1 unspecified atom stereocenters. The smallest absolute Gasteiger partial charge is 0.419 e. The summed E-state index contributed by atoms with van der Waals surface area (Å²) in [6.45, 7) is 6.37. The molecule has 0 saturated carbocycles. The zero-order chi connectivity index (χ0) is 18.0. The lowest BCUT2D eigenvalue weighted by Crippen LogP contribution is -2.35. The second kappa shape index (κ2) is 6.74. The molecule has 0 spiro atoms. The van der Waals surface area contributed by atoms with Crippen molar-refractivity contribution in [3.8, 4) is 0 Å². The van der Waals surface area contributed by atoms with Crippen molar-refractivity contribution in [2.45, 2.75) is 39.0 Å². The van der Waals surface area contributed by atoms with Gasteiger partial charge in [-0.2, -0.15) is 13.2 Å². The average molecular weight is 344 g/mol. The summed E-state index contributed by atoms with van der Waals surface area (Å²) in [5.74, 6) is -0.0536. The van der Waals surface area contributed by atoms with Gasteiger partial charge in [-0.05, 0) is 27.2 Å². The number of nitrogens with zero attached hydrogens (tertiary/aromatic N) is 4. The molecule has 24 heavy (non-hydrogen) atoms. The molecule has 1 aromatic heterocycles. The van der Waals surface area contributed by atoms with E-state index in [-0.39, 0.29) is 18.0 Å². The fraction of sp³-hybridized carbons (Fsp3) is 0.600. The molecule has 1 fully saturated rings. The quantitative estimate of drug-likeness (QED) is 0.771. The number of aliphatic imine (C=N–C) groups is 1. The first-order valence-electron chi connectivity index (χ1n) is 7.46. The van der Waals surface area contributed by atoms with E-state index in [4.69, 9.17) is 4.74 Å². The van der Waals surface area contributed by atoms with Crippen LogP contribution >= 0.6 is 0 Å². The van der Waals surface area contributed by atoms with Crippen LogP contribution in [0.5, 0.6) is 0 Å². The standard InChI is InChI=1S/C15H19F3N4O2/c1-14(2,3)24-13(23)22-5-4-10(9-22)6-19-12-20-7-11(8-21-12)15(16,17)18/h6-8,10H,4-5,9H2,1-3H3/b19-6+. The van der Waals surface area contributed by atoms with Gasteiger partial charge in [-0.3, -0.25) is 0 Å². The largest absolute Gasteiger partial charge is 0.444 e. The van der Waals surface area contributed by atoms with Gasteiger partial charge < -0.3 is 9.64 Å². The van der Waals surface area contributed by atoms with Crippen LogP contribution < -0.4 is 0 Å². The molecule has 1 amide bonds. The third kappa shape index (κ3) is 5.17. The molecule has 2 heterocycles. The molecule has 0 radical (unpaired) electrons. The number of alkyl halides is 3. The van der Waals surface area contributed by atoms with Crippen molar-refractivity contribution >= 4 is 18.3 Å². The van der Waals surface area contributed by atoms with Gasteiger partial charge in [-0.1, -0.05) is 0 Å². The van der Waals surface area contributed by atoms with Gasteiger partial charge >= 0.3 is 12.3 Å². The van der Waals surface area contributed by atoms with Crippen LogP contribution in [0, 0.1) is 5.92 Å². The fourth-order valence-corrected chi connectivity index (χ4v) is 2.11. The Labute approximate surface area is 137 Å². The molecular weight excluding hydrogens is 325 g/mol. The van der Waals surface area contributed by atoms with Gasteiger partial charge in [0.1, 0.15) is 5.60 Å². The summed E-state index contributed by atoms with van der Waals surface area (Å²) < 4.78 is 42.5. The summed E-state index contributed by atoms with van der Waals surface area (Å²) >= 11 is 0. The Morgan fingerprint density at radius 1 is 1.33 bits per heavy atom. The fourth-order valence-electron chi connectivity index (χ4n) is 2.11. The maximum absolute atomic E-state index is 12.4. The van der Waals surface area contributed by atoms with Gasteiger partial charge in [-0.25, -0.2) is 19.8 Å². The lowest BCUT2D eigenvalue weighted by atomic mass is 10.1. The third-order valence-corrected chi connectivity index (χ3v) is 3.24. The van der Waals surface area contributed by atoms with Gasteiger partial charge in [0, 0.05) is 37.6 Å². The van der Waals surface area contributed by atoms with Gasteiger partial charge in [0.05, 0.1) is 5.56 Å². The molecular formula is C15H19F3N4O2. The molecule has 9 heteroatoms. The number of rotatable bonds is 2. The minimum absolute atomic E-state index is 0.0107. The van der Waals surface area contributed by atoms with E-state index in [1.807, 2.05) is 0 Å². The number of hydrogen-bond acceptors (Lipinski definition) is 5. The van der Waals surface area contributed by atoms with Crippen molar-refractivity contribution in [2.75, 3.05) is 13.1 Å². The lowest BCUT2D eigenvalue weighted by molar-refractivity contribution is -0.138. The summed E-state index contributed by atoms with van der Waals surface area (Å²) in [5, 5.41) is 0. The monoisotopic (exact) mass is 344 g/mol. The Morgan fingerprint density at radius 2 is 1.96 bits per heavy atom. The first-order chi connectivity index (χ1) is 11.0. The molecule has 132 valence electrons. The Balaban J connectivity index is 1.91. The molecule has 2 rings (SSSR count). The summed E-state index contributed by atoms with van der Waals surface area (Å²) in [4.78, 5) is 24.7. The number of halogens is 3.